The van der Waals surface area contributed by atoms with Crippen molar-refractivity contribution in [2.75, 3.05) is 18.5 Å². The van der Waals surface area contributed by atoms with Gasteiger partial charge in [-0.1, -0.05) is 18.3 Å². The number of thiocarbonyl (C=S) groups is 1. The molecule has 0 spiro atoms. The van der Waals surface area contributed by atoms with E-state index >= 15 is 0 Å². The van der Waals surface area contributed by atoms with E-state index < -0.39 is 5.82 Å². The number of ether oxygens (including phenoxy) is 1. The third kappa shape index (κ3) is 3.92. The van der Waals surface area contributed by atoms with Gasteiger partial charge < -0.3 is 15.8 Å². The number of nitrogens with one attached hydrogen (secondary N) is 1. The molecule has 0 saturated heterocycles. The molecule has 0 radical (unpaired) electrons. The Morgan fingerprint density at radius 2 is 2.17 bits per heavy atom. The Labute approximate surface area is 113 Å². The zero-order valence-corrected chi connectivity index (χ0v) is 11.7. The predicted molar refractivity (Wildman–Crippen MR) is 76.5 cm³/mol. The Balaban J connectivity index is 2.85. The van der Waals surface area contributed by atoms with Crippen LogP contribution in [0.15, 0.2) is 18.2 Å². The van der Waals surface area contributed by atoms with E-state index in [-0.39, 0.29) is 16.2 Å². The van der Waals surface area contributed by atoms with Crippen LogP contribution in [0.5, 0.6) is 0 Å². The second-order valence-electron chi connectivity index (χ2n) is 4.57. The van der Waals surface area contributed by atoms with E-state index in [1.54, 1.807) is 12.1 Å². The minimum atomic E-state index is -0.415. The van der Waals surface area contributed by atoms with E-state index in [9.17, 15) is 4.39 Å². The van der Waals surface area contributed by atoms with Gasteiger partial charge in [0.1, 0.15) is 10.8 Å². The van der Waals surface area contributed by atoms with Gasteiger partial charge in [0.2, 0.25) is 0 Å². The van der Waals surface area contributed by atoms with Crippen LogP contribution in [-0.2, 0) is 4.74 Å². The lowest BCUT2D eigenvalue weighted by molar-refractivity contribution is 0.000692. The van der Waals surface area contributed by atoms with Crippen LogP contribution in [0, 0.1) is 5.82 Å². The molecule has 5 heteroatoms. The van der Waals surface area contributed by atoms with Gasteiger partial charge in [0.25, 0.3) is 0 Å². The third-order valence-corrected chi connectivity index (χ3v) is 2.70. The molecule has 0 bridgehead atoms. The number of anilines is 1. The molecule has 0 fully saturated rings. The molecular weight excluding hydrogens is 251 g/mol. The first-order chi connectivity index (χ1) is 8.37. The van der Waals surface area contributed by atoms with Crippen LogP contribution < -0.4 is 11.1 Å². The molecule has 0 saturated carbocycles. The zero-order chi connectivity index (χ0) is 13.8. The molecule has 0 aromatic heterocycles. The fourth-order valence-corrected chi connectivity index (χ4v) is 1.88. The summed E-state index contributed by atoms with van der Waals surface area (Å²) in [5.41, 5.74) is 6.04. The smallest absolute Gasteiger partial charge is 0.135 e. The van der Waals surface area contributed by atoms with Crippen molar-refractivity contribution in [1.82, 2.24) is 0 Å². The summed E-state index contributed by atoms with van der Waals surface area (Å²) in [6, 6.07) is 4.71. The lowest BCUT2D eigenvalue weighted by Gasteiger charge is -2.26. The van der Waals surface area contributed by atoms with Crippen molar-refractivity contribution >= 4 is 22.9 Å². The summed E-state index contributed by atoms with van der Waals surface area (Å²) in [4.78, 5) is 0.0461. The van der Waals surface area contributed by atoms with Crippen LogP contribution in [0.25, 0.3) is 0 Å². The third-order valence-electron chi connectivity index (χ3n) is 2.50. The Bertz CT molecular complexity index is 435. The van der Waals surface area contributed by atoms with Gasteiger partial charge in [-0.05, 0) is 32.9 Å². The lowest BCUT2D eigenvalue weighted by atomic mass is 10.1. The minimum absolute atomic E-state index is 0.0461. The maximum atomic E-state index is 13.6. The first-order valence-electron chi connectivity index (χ1n) is 5.83. The molecule has 18 heavy (non-hydrogen) atoms. The summed E-state index contributed by atoms with van der Waals surface area (Å²) in [6.45, 7) is 7.02. The van der Waals surface area contributed by atoms with E-state index in [0.29, 0.717) is 18.8 Å². The summed E-state index contributed by atoms with van der Waals surface area (Å²) >= 11 is 4.86. The first kappa shape index (κ1) is 14.9. The highest BCUT2D eigenvalue weighted by atomic mass is 32.1. The van der Waals surface area contributed by atoms with Gasteiger partial charge in [-0.25, -0.2) is 4.39 Å². The fourth-order valence-electron chi connectivity index (χ4n) is 1.67. The monoisotopic (exact) mass is 270 g/mol. The highest BCUT2D eigenvalue weighted by molar-refractivity contribution is 7.80. The van der Waals surface area contributed by atoms with E-state index in [1.807, 2.05) is 20.8 Å². The molecule has 0 unspecified atom stereocenters. The molecule has 1 aromatic rings. The SMILES string of the molecule is CCOC(C)(C)CNc1cccc(F)c1C(N)=S. The molecular formula is C13H19FN2OS. The summed E-state index contributed by atoms with van der Waals surface area (Å²) in [6.07, 6.45) is 0. The molecule has 100 valence electrons. The first-order valence-corrected chi connectivity index (χ1v) is 6.24. The molecule has 0 amide bonds. The van der Waals surface area contributed by atoms with Crippen LogP contribution in [0.2, 0.25) is 0 Å². The van der Waals surface area contributed by atoms with Crippen molar-refractivity contribution in [2.45, 2.75) is 26.4 Å². The Morgan fingerprint density at radius 1 is 1.50 bits per heavy atom. The Morgan fingerprint density at radius 3 is 2.72 bits per heavy atom. The van der Waals surface area contributed by atoms with Crippen molar-refractivity contribution in [3.05, 3.63) is 29.6 Å². The van der Waals surface area contributed by atoms with Crippen LogP contribution in [0.1, 0.15) is 26.3 Å². The summed E-state index contributed by atoms with van der Waals surface area (Å²) in [5, 5.41) is 3.13. The van der Waals surface area contributed by atoms with Gasteiger partial charge in [-0.2, -0.15) is 0 Å². The van der Waals surface area contributed by atoms with Crippen molar-refractivity contribution < 1.29 is 9.13 Å². The van der Waals surface area contributed by atoms with Crippen molar-refractivity contribution in [3.8, 4) is 0 Å². The van der Waals surface area contributed by atoms with E-state index in [4.69, 9.17) is 22.7 Å². The molecule has 3 N–H and O–H groups in total. The molecule has 0 aliphatic carbocycles. The molecule has 0 aliphatic heterocycles. The number of rotatable bonds is 6. The molecule has 1 aromatic carbocycles. The molecule has 0 aliphatic rings. The van der Waals surface area contributed by atoms with Gasteiger partial charge >= 0.3 is 0 Å². The number of nitrogens with two attached hydrogens (primary N) is 1. The van der Waals surface area contributed by atoms with E-state index in [1.165, 1.54) is 6.07 Å². The van der Waals surface area contributed by atoms with E-state index in [0.717, 1.165) is 0 Å². The number of halogens is 1. The van der Waals surface area contributed by atoms with Crippen LogP contribution in [0.3, 0.4) is 0 Å². The zero-order valence-electron chi connectivity index (χ0n) is 10.9. The minimum Gasteiger partial charge on any atom is -0.389 e. The molecule has 0 heterocycles. The van der Waals surface area contributed by atoms with Gasteiger partial charge in [-0.3, -0.25) is 0 Å². The predicted octanol–water partition coefficient (Wildman–Crippen LogP) is 2.69. The van der Waals surface area contributed by atoms with Crippen LogP contribution in [0.4, 0.5) is 10.1 Å². The number of hydrogen-bond acceptors (Lipinski definition) is 3. The Kier molecular flexibility index (Phi) is 5.04. The maximum Gasteiger partial charge on any atom is 0.135 e. The highest BCUT2D eigenvalue weighted by Crippen LogP contribution is 2.20. The Hall–Kier alpha value is -1.20. The second-order valence-corrected chi connectivity index (χ2v) is 5.01. The standard InChI is InChI=1S/C13H19FN2OS/c1-4-17-13(2,3)8-16-10-7-5-6-9(14)11(10)12(15)18/h5-7,16H,4,8H2,1-3H3,(H2,15,18). The highest BCUT2D eigenvalue weighted by Gasteiger charge is 2.19. The molecule has 0 atom stereocenters. The van der Waals surface area contributed by atoms with Crippen LogP contribution in [-0.4, -0.2) is 23.7 Å². The van der Waals surface area contributed by atoms with Gasteiger partial charge in [0, 0.05) is 18.8 Å². The molecule has 3 nitrogen and oxygen atoms in total. The van der Waals surface area contributed by atoms with Gasteiger partial charge in [-0.15, -0.1) is 0 Å². The molecule has 1 rings (SSSR count). The van der Waals surface area contributed by atoms with Crippen LogP contribution >= 0.6 is 12.2 Å². The van der Waals surface area contributed by atoms with Crippen molar-refractivity contribution in [1.29, 1.82) is 0 Å². The summed E-state index contributed by atoms with van der Waals surface area (Å²) in [7, 11) is 0. The maximum absolute atomic E-state index is 13.6. The fraction of sp³-hybridized carbons (Fsp3) is 0.462. The number of hydrogen-bond donors (Lipinski definition) is 2. The number of benzene rings is 1. The largest absolute Gasteiger partial charge is 0.389 e. The average Bonchev–Trinajstić information content (AvgIpc) is 2.26. The van der Waals surface area contributed by atoms with Crippen molar-refractivity contribution in [2.24, 2.45) is 5.73 Å². The topological polar surface area (TPSA) is 47.3 Å². The van der Waals surface area contributed by atoms with Crippen molar-refractivity contribution in [3.63, 3.8) is 0 Å². The normalized spacial score (nSPS) is 11.3. The second kappa shape index (κ2) is 6.11. The quantitative estimate of drug-likeness (QED) is 0.780. The summed E-state index contributed by atoms with van der Waals surface area (Å²) < 4.78 is 19.2. The lowest BCUT2D eigenvalue weighted by Crippen LogP contribution is -2.34. The summed E-state index contributed by atoms with van der Waals surface area (Å²) in [5.74, 6) is -0.415. The average molecular weight is 270 g/mol. The van der Waals surface area contributed by atoms with Gasteiger partial charge in [0.05, 0.1) is 11.2 Å². The van der Waals surface area contributed by atoms with Gasteiger partial charge in [0.15, 0.2) is 0 Å². The van der Waals surface area contributed by atoms with E-state index in [2.05, 4.69) is 5.32 Å².